The Hall–Kier alpha value is -2.01. The number of benzene rings is 1. The number of carbonyl (C=O) groups excluding carboxylic acids is 2. The summed E-state index contributed by atoms with van der Waals surface area (Å²) in [4.78, 5) is 29.0. The van der Waals surface area contributed by atoms with Crippen LogP contribution in [0.1, 0.15) is 20.8 Å². The molecule has 1 unspecified atom stereocenters. The van der Waals surface area contributed by atoms with E-state index >= 15 is 0 Å². The molecule has 0 aliphatic rings. The Labute approximate surface area is 138 Å². The molecule has 0 aromatic heterocycles. The van der Waals surface area contributed by atoms with E-state index in [9.17, 15) is 9.59 Å². The molecule has 0 radical (unpaired) electrons. The van der Waals surface area contributed by atoms with Crippen molar-refractivity contribution in [3.63, 3.8) is 0 Å². The molecule has 5 nitrogen and oxygen atoms in total. The molecule has 0 aliphatic carbocycles. The van der Waals surface area contributed by atoms with Crippen LogP contribution in [0.15, 0.2) is 30.3 Å². The molecule has 1 amide bonds. The molecule has 1 atom stereocenters. The standard InChI is InChI=1S/C18H27N3O2/c1-13(2)17(22)16(14(3)19)18(23)21(12-11-20(4)5)15-9-7-6-8-10-15/h6-10,13,16,19H,11-12H2,1-5H3. The summed E-state index contributed by atoms with van der Waals surface area (Å²) in [6.07, 6.45) is 0. The van der Waals surface area contributed by atoms with Gasteiger partial charge in [0.15, 0.2) is 5.78 Å². The molecular formula is C18H27N3O2. The van der Waals surface area contributed by atoms with Gasteiger partial charge in [0.1, 0.15) is 5.92 Å². The van der Waals surface area contributed by atoms with Gasteiger partial charge in [-0.05, 0) is 33.2 Å². The Balaban J connectivity index is 3.15. The van der Waals surface area contributed by atoms with E-state index in [0.717, 1.165) is 5.69 Å². The molecule has 5 heteroatoms. The van der Waals surface area contributed by atoms with Crippen LogP contribution in [0.3, 0.4) is 0 Å². The van der Waals surface area contributed by atoms with Crippen molar-refractivity contribution in [1.29, 1.82) is 5.41 Å². The minimum atomic E-state index is -1.00. The van der Waals surface area contributed by atoms with Crippen LogP contribution in [0, 0.1) is 17.2 Å². The number of amides is 1. The molecule has 23 heavy (non-hydrogen) atoms. The predicted molar refractivity (Wildman–Crippen MR) is 94.1 cm³/mol. The van der Waals surface area contributed by atoms with Gasteiger partial charge < -0.3 is 15.2 Å². The predicted octanol–water partition coefficient (Wildman–Crippen LogP) is 2.46. The molecule has 1 aromatic rings. The molecule has 0 aliphatic heterocycles. The van der Waals surface area contributed by atoms with Crippen LogP contribution in [-0.4, -0.2) is 49.5 Å². The van der Waals surface area contributed by atoms with Crippen molar-refractivity contribution in [2.75, 3.05) is 32.1 Å². The summed E-state index contributed by atoms with van der Waals surface area (Å²) in [5.41, 5.74) is 0.849. The molecule has 126 valence electrons. The maximum absolute atomic E-state index is 13.0. The normalized spacial score (nSPS) is 12.3. The quantitative estimate of drug-likeness (QED) is 0.592. The maximum Gasteiger partial charge on any atom is 0.243 e. The van der Waals surface area contributed by atoms with Crippen molar-refractivity contribution in [2.45, 2.75) is 20.8 Å². The summed E-state index contributed by atoms with van der Waals surface area (Å²) in [5, 5.41) is 7.90. The highest BCUT2D eigenvalue weighted by molar-refractivity contribution is 6.23. The number of anilines is 1. The zero-order valence-corrected chi connectivity index (χ0v) is 14.7. The first kappa shape index (κ1) is 19.0. The third-order valence-electron chi connectivity index (χ3n) is 3.64. The molecule has 1 N–H and O–H groups in total. The third-order valence-corrected chi connectivity index (χ3v) is 3.64. The Morgan fingerprint density at radius 2 is 1.65 bits per heavy atom. The third kappa shape index (κ3) is 5.28. The second-order valence-electron chi connectivity index (χ2n) is 6.30. The van der Waals surface area contributed by atoms with Crippen molar-refractivity contribution in [1.82, 2.24) is 4.90 Å². The summed E-state index contributed by atoms with van der Waals surface area (Å²) < 4.78 is 0. The van der Waals surface area contributed by atoms with Crippen LogP contribution >= 0.6 is 0 Å². The fourth-order valence-corrected chi connectivity index (χ4v) is 2.28. The minimum Gasteiger partial charge on any atom is -0.310 e. The van der Waals surface area contributed by atoms with E-state index in [0.29, 0.717) is 13.1 Å². The minimum absolute atomic E-state index is 0.0967. The van der Waals surface area contributed by atoms with Crippen molar-refractivity contribution in [3.05, 3.63) is 30.3 Å². The number of nitrogens with one attached hydrogen (secondary N) is 1. The van der Waals surface area contributed by atoms with Crippen LogP contribution in [0.25, 0.3) is 0 Å². The lowest BCUT2D eigenvalue weighted by atomic mass is 9.90. The van der Waals surface area contributed by atoms with Gasteiger partial charge in [-0.15, -0.1) is 0 Å². The fraction of sp³-hybridized carbons (Fsp3) is 0.500. The molecule has 0 heterocycles. The molecule has 0 saturated heterocycles. The van der Waals surface area contributed by atoms with Crippen LogP contribution in [-0.2, 0) is 9.59 Å². The monoisotopic (exact) mass is 317 g/mol. The first-order valence-electron chi connectivity index (χ1n) is 7.85. The number of para-hydroxylation sites is 1. The number of carbonyl (C=O) groups is 2. The number of hydrogen-bond donors (Lipinski definition) is 1. The molecular weight excluding hydrogens is 290 g/mol. The molecule has 1 aromatic carbocycles. The van der Waals surface area contributed by atoms with Crippen LogP contribution < -0.4 is 4.90 Å². The lowest BCUT2D eigenvalue weighted by molar-refractivity contribution is -0.131. The molecule has 1 rings (SSSR count). The van der Waals surface area contributed by atoms with E-state index < -0.39 is 5.92 Å². The number of rotatable bonds is 8. The average molecular weight is 317 g/mol. The van der Waals surface area contributed by atoms with Gasteiger partial charge in [0.05, 0.1) is 0 Å². The smallest absolute Gasteiger partial charge is 0.243 e. The van der Waals surface area contributed by atoms with E-state index in [4.69, 9.17) is 5.41 Å². The van der Waals surface area contributed by atoms with E-state index in [1.807, 2.05) is 49.3 Å². The molecule has 0 fully saturated rings. The van der Waals surface area contributed by atoms with E-state index in [1.54, 1.807) is 18.7 Å². The van der Waals surface area contributed by atoms with Gasteiger partial charge in [-0.3, -0.25) is 9.59 Å². The van der Waals surface area contributed by atoms with Gasteiger partial charge in [0, 0.05) is 30.4 Å². The molecule has 0 spiro atoms. The second-order valence-corrected chi connectivity index (χ2v) is 6.30. The Morgan fingerprint density at radius 3 is 2.09 bits per heavy atom. The van der Waals surface area contributed by atoms with Gasteiger partial charge in [-0.1, -0.05) is 32.0 Å². The Morgan fingerprint density at radius 1 is 1.09 bits per heavy atom. The first-order chi connectivity index (χ1) is 10.8. The van der Waals surface area contributed by atoms with Crippen LogP contribution in [0.2, 0.25) is 0 Å². The van der Waals surface area contributed by atoms with Crippen molar-refractivity contribution < 1.29 is 9.59 Å². The van der Waals surface area contributed by atoms with Gasteiger partial charge in [-0.2, -0.15) is 0 Å². The van der Waals surface area contributed by atoms with Crippen molar-refractivity contribution in [2.24, 2.45) is 11.8 Å². The van der Waals surface area contributed by atoms with Crippen molar-refractivity contribution in [3.8, 4) is 0 Å². The first-order valence-corrected chi connectivity index (χ1v) is 7.85. The topological polar surface area (TPSA) is 64.5 Å². The molecule has 0 saturated carbocycles. The van der Waals surface area contributed by atoms with Crippen LogP contribution in [0.5, 0.6) is 0 Å². The maximum atomic E-state index is 13.0. The van der Waals surface area contributed by atoms with E-state index in [-0.39, 0.29) is 23.3 Å². The number of hydrogen-bond acceptors (Lipinski definition) is 4. The summed E-state index contributed by atoms with van der Waals surface area (Å²) in [7, 11) is 3.87. The highest BCUT2D eigenvalue weighted by atomic mass is 16.2. The second kappa shape index (κ2) is 8.58. The zero-order valence-electron chi connectivity index (χ0n) is 14.7. The number of nitrogens with zero attached hydrogens (tertiary/aromatic N) is 2. The van der Waals surface area contributed by atoms with Gasteiger partial charge in [0.2, 0.25) is 5.91 Å². The van der Waals surface area contributed by atoms with Gasteiger partial charge in [0.25, 0.3) is 0 Å². The fourth-order valence-electron chi connectivity index (χ4n) is 2.28. The van der Waals surface area contributed by atoms with Crippen LogP contribution in [0.4, 0.5) is 5.69 Å². The lowest BCUT2D eigenvalue weighted by Gasteiger charge is -2.28. The average Bonchev–Trinajstić information content (AvgIpc) is 2.47. The highest BCUT2D eigenvalue weighted by Crippen LogP contribution is 2.19. The number of Topliss-reactive ketones (excluding diaryl/α,β-unsaturated/α-hetero) is 1. The van der Waals surface area contributed by atoms with E-state index in [1.165, 1.54) is 6.92 Å². The summed E-state index contributed by atoms with van der Waals surface area (Å²) in [6.45, 7) is 6.21. The SMILES string of the molecule is CC(=N)C(C(=O)C(C)C)C(=O)N(CCN(C)C)c1ccccc1. The highest BCUT2D eigenvalue weighted by Gasteiger charge is 2.34. The summed E-state index contributed by atoms with van der Waals surface area (Å²) >= 11 is 0. The largest absolute Gasteiger partial charge is 0.310 e. The van der Waals surface area contributed by atoms with Gasteiger partial charge >= 0.3 is 0 Å². The lowest BCUT2D eigenvalue weighted by Crippen LogP contribution is -2.46. The zero-order chi connectivity index (χ0) is 17.6. The summed E-state index contributed by atoms with van der Waals surface area (Å²) in [6, 6.07) is 9.31. The van der Waals surface area contributed by atoms with Crippen molar-refractivity contribution >= 4 is 23.1 Å². The number of ketones is 1. The van der Waals surface area contributed by atoms with E-state index in [2.05, 4.69) is 0 Å². The summed E-state index contributed by atoms with van der Waals surface area (Å²) in [5.74, 6) is -1.80. The Bertz CT molecular complexity index is 553. The van der Waals surface area contributed by atoms with Gasteiger partial charge in [-0.25, -0.2) is 0 Å². The Kier molecular flexibility index (Phi) is 7.10. The molecule has 0 bridgehead atoms. The number of likely N-dealkylation sites (N-methyl/N-ethyl adjacent to an activating group) is 1.